The first-order valence-electron chi connectivity index (χ1n) is 12.6. The lowest BCUT2D eigenvalue weighted by Gasteiger charge is -2.19. The fraction of sp³-hybridized carbons (Fsp3) is 0.250. The zero-order valence-electron chi connectivity index (χ0n) is 23.1. The lowest BCUT2D eigenvalue weighted by molar-refractivity contribution is -0.111. The van der Waals surface area contributed by atoms with Gasteiger partial charge in [0, 0.05) is 41.7 Å². The number of ether oxygens (including phenoxy) is 1. The van der Waals surface area contributed by atoms with E-state index in [2.05, 4.69) is 22.4 Å². The van der Waals surface area contributed by atoms with Gasteiger partial charge in [0.1, 0.15) is 6.61 Å². The molecule has 0 fully saturated rings. The largest absolute Gasteiger partial charge is 0.504 e. The molecule has 3 aromatic carbocycles. The second-order valence-corrected chi connectivity index (χ2v) is 9.32. The van der Waals surface area contributed by atoms with Crippen molar-refractivity contribution in [3.05, 3.63) is 107 Å². The van der Waals surface area contributed by atoms with Gasteiger partial charge in [-0.1, -0.05) is 66.7 Å². The molecule has 0 aromatic heterocycles. The van der Waals surface area contributed by atoms with Crippen LogP contribution < -0.4 is 10.1 Å². The summed E-state index contributed by atoms with van der Waals surface area (Å²) < 4.78 is 5.80. The summed E-state index contributed by atoms with van der Waals surface area (Å²) in [6, 6.07) is 25.1. The summed E-state index contributed by atoms with van der Waals surface area (Å²) in [6.07, 6.45) is 0. The van der Waals surface area contributed by atoms with Crippen molar-refractivity contribution in [3.63, 3.8) is 0 Å². The van der Waals surface area contributed by atoms with Crippen molar-refractivity contribution in [2.75, 3.05) is 34.3 Å². The number of phenols is 1. The topological polar surface area (TPSA) is 74.2 Å². The summed E-state index contributed by atoms with van der Waals surface area (Å²) in [7, 11) is 5.70. The zero-order chi connectivity index (χ0) is 27.7. The predicted octanol–water partition coefficient (Wildman–Crippen LogP) is 5.79. The molecule has 0 radical (unpaired) electrons. The molecule has 6 heteroatoms. The Balaban J connectivity index is 2.08. The zero-order valence-corrected chi connectivity index (χ0v) is 23.1. The summed E-state index contributed by atoms with van der Waals surface area (Å²) in [5.41, 5.74) is 6.54. The van der Waals surface area contributed by atoms with Crippen LogP contribution in [0.5, 0.6) is 11.5 Å². The second-order valence-electron chi connectivity index (χ2n) is 9.32. The maximum Gasteiger partial charge on any atom is 0.162 e. The van der Waals surface area contributed by atoms with Crippen LogP contribution in [0.4, 0.5) is 0 Å². The summed E-state index contributed by atoms with van der Waals surface area (Å²) in [6.45, 7) is 6.54. The molecule has 0 saturated carbocycles. The van der Waals surface area contributed by atoms with Crippen LogP contribution in [0.25, 0.3) is 11.1 Å². The molecule has 0 unspecified atom stereocenters. The number of rotatable bonds is 11. The number of benzene rings is 3. The van der Waals surface area contributed by atoms with Gasteiger partial charge in [-0.15, -0.1) is 0 Å². The molecule has 0 bridgehead atoms. The van der Waals surface area contributed by atoms with Crippen LogP contribution in [0.1, 0.15) is 37.5 Å². The molecular weight excluding hydrogens is 474 g/mol. The number of Topliss-reactive ketones (excluding diaryl/α,β-unsaturated/α-hetero) is 1. The van der Waals surface area contributed by atoms with E-state index in [1.807, 2.05) is 81.4 Å². The van der Waals surface area contributed by atoms with E-state index < -0.39 is 0 Å². The van der Waals surface area contributed by atoms with E-state index >= 15 is 0 Å². The van der Waals surface area contributed by atoms with Gasteiger partial charge in [-0.25, -0.2) is 0 Å². The molecule has 0 aliphatic rings. The number of allylic oxidation sites excluding steroid dienone is 4. The van der Waals surface area contributed by atoms with Crippen molar-refractivity contribution in [1.29, 1.82) is 0 Å². The highest BCUT2D eigenvalue weighted by Crippen LogP contribution is 2.32. The minimum atomic E-state index is -0.0959. The van der Waals surface area contributed by atoms with E-state index in [4.69, 9.17) is 4.74 Å². The van der Waals surface area contributed by atoms with Crippen molar-refractivity contribution >= 4 is 22.6 Å². The number of aliphatic imine (C=N–C) groups is 1. The molecule has 0 aliphatic heterocycles. The Labute approximate surface area is 226 Å². The Morgan fingerprint density at radius 3 is 1.97 bits per heavy atom. The fourth-order valence-electron chi connectivity index (χ4n) is 4.33. The van der Waals surface area contributed by atoms with Crippen molar-refractivity contribution in [2.24, 2.45) is 4.99 Å². The van der Waals surface area contributed by atoms with E-state index in [1.54, 1.807) is 32.2 Å². The normalized spacial score (nSPS) is 13.1. The van der Waals surface area contributed by atoms with Gasteiger partial charge in [0.05, 0.1) is 5.71 Å². The third kappa shape index (κ3) is 7.20. The van der Waals surface area contributed by atoms with Gasteiger partial charge in [0.15, 0.2) is 17.3 Å². The fourth-order valence-corrected chi connectivity index (χ4v) is 4.33. The quantitative estimate of drug-likeness (QED) is 0.252. The number of nitrogens with one attached hydrogen (secondary N) is 1. The van der Waals surface area contributed by atoms with Gasteiger partial charge in [-0.2, -0.15) is 0 Å². The Morgan fingerprint density at radius 2 is 1.42 bits per heavy atom. The highest BCUT2D eigenvalue weighted by molar-refractivity contribution is 6.32. The molecule has 3 rings (SSSR count). The number of aromatic hydroxyl groups is 1. The van der Waals surface area contributed by atoms with Crippen molar-refractivity contribution in [1.82, 2.24) is 10.2 Å². The number of nitrogens with zero attached hydrogens (tertiary/aromatic N) is 2. The minimum absolute atomic E-state index is 0.0371. The first-order valence-corrected chi connectivity index (χ1v) is 12.6. The van der Waals surface area contributed by atoms with Crippen LogP contribution >= 0.6 is 0 Å². The highest BCUT2D eigenvalue weighted by atomic mass is 16.5. The molecular formula is C32H37N3O3. The van der Waals surface area contributed by atoms with Crippen LogP contribution in [0.2, 0.25) is 0 Å². The van der Waals surface area contributed by atoms with E-state index in [1.165, 1.54) is 0 Å². The summed E-state index contributed by atoms with van der Waals surface area (Å²) in [4.78, 5) is 19.5. The van der Waals surface area contributed by atoms with E-state index in [0.29, 0.717) is 35.7 Å². The Morgan fingerprint density at radius 1 is 0.842 bits per heavy atom. The van der Waals surface area contributed by atoms with Crippen LogP contribution in [0, 0.1) is 0 Å². The molecule has 0 atom stereocenters. The van der Waals surface area contributed by atoms with Crippen LogP contribution in [0.15, 0.2) is 95.2 Å². The van der Waals surface area contributed by atoms with Crippen molar-refractivity contribution in [2.45, 2.75) is 20.8 Å². The molecule has 0 aliphatic carbocycles. The third-order valence-electron chi connectivity index (χ3n) is 6.09. The first-order chi connectivity index (χ1) is 18.2. The number of likely N-dealkylation sites (N-methyl/N-ethyl adjacent to an activating group) is 1. The lowest BCUT2D eigenvalue weighted by Crippen LogP contribution is -2.19. The van der Waals surface area contributed by atoms with Crippen LogP contribution in [0.3, 0.4) is 0 Å². The number of phenolic OH excluding ortho intramolecular Hbond substituents is 1. The molecule has 6 nitrogen and oxygen atoms in total. The molecule has 0 heterocycles. The standard InChI is InChI=1S/C32H37N3O3/c1-22(30(24(3)36)27-17-18-28(37)29(21-27)38-20-19-35(5)6)34-23(2)31(25-13-9-7-10-14-25)32(33-4)26-15-11-8-12-16-26/h7-18,21,34,37H,19-20H2,1-6H3/b30-22+,31-23+,33-32-. The molecule has 0 spiro atoms. The second kappa shape index (κ2) is 13.4. The maximum atomic E-state index is 12.9. The molecule has 198 valence electrons. The average Bonchev–Trinajstić information content (AvgIpc) is 2.89. The summed E-state index contributed by atoms with van der Waals surface area (Å²) >= 11 is 0. The number of carbonyl (C=O) groups is 1. The maximum absolute atomic E-state index is 12.9. The van der Waals surface area contributed by atoms with Crippen LogP contribution in [-0.2, 0) is 4.79 Å². The van der Waals surface area contributed by atoms with E-state index in [9.17, 15) is 9.90 Å². The summed E-state index contributed by atoms with van der Waals surface area (Å²) in [5.74, 6) is 0.286. The third-order valence-corrected chi connectivity index (χ3v) is 6.09. The van der Waals surface area contributed by atoms with Gasteiger partial charge in [0.2, 0.25) is 0 Å². The lowest BCUT2D eigenvalue weighted by atomic mass is 9.93. The number of hydrogen-bond acceptors (Lipinski definition) is 6. The van der Waals surface area contributed by atoms with Crippen molar-refractivity contribution in [3.8, 4) is 11.5 Å². The molecule has 38 heavy (non-hydrogen) atoms. The monoisotopic (exact) mass is 511 g/mol. The molecule has 0 amide bonds. The predicted molar refractivity (Wildman–Crippen MR) is 157 cm³/mol. The van der Waals surface area contributed by atoms with Gasteiger partial charge in [-0.3, -0.25) is 9.79 Å². The van der Waals surface area contributed by atoms with Gasteiger partial charge < -0.3 is 20.1 Å². The van der Waals surface area contributed by atoms with E-state index in [0.717, 1.165) is 28.1 Å². The SMILES string of the molecule is C/N=C(\C(=C(/C)N/C(C)=C(\C(C)=O)c1ccc(O)c(OCCN(C)C)c1)c1ccccc1)c1ccccc1. The number of ketones is 1. The Bertz CT molecular complexity index is 1340. The highest BCUT2D eigenvalue weighted by Gasteiger charge is 2.18. The molecule has 3 aromatic rings. The Hall–Kier alpha value is -4.16. The molecule has 2 N–H and O–H groups in total. The summed E-state index contributed by atoms with van der Waals surface area (Å²) in [5, 5.41) is 13.8. The van der Waals surface area contributed by atoms with Gasteiger partial charge in [-0.05, 0) is 58.1 Å². The van der Waals surface area contributed by atoms with E-state index in [-0.39, 0.29) is 11.5 Å². The number of hydrogen-bond donors (Lipinski definition) is 2. The first kappa shape index (κ1) is 28.4. The minimum Gasteiger partial charge on any atom is -0.504 e. The average molecular weight is 512 g/mol. The van der Waals surface area contributed by atoms with Crippen LogP contribution in [-0.4, -0.2) is 55.8 Å². The smallest absolute Gasteiger partial charge is 0.162 e. The molecule has 0 saturated heterocycles. The van der Waals surface area contributed by atoms with Crippen molar-refractivity contribution < 1.29 is 14.6 Å². The Kier molecular flexibility index (Phi) is 10.0. The van der Waals surface area contributed by atoms with Gasteiger partial charge in [0.25, 0.3) is 0 Å². The van der Waals surface area contributed by atoms with Gasteiger partial charge >= 0.3 is 0 Å². The number of carbonyl (C=O) groups excluding carboxylic acids is 1.